The molecule has 0 radical (unpaired) electrons. The lowest BCUT2D eigenvalue weighted by atomic mass is 9.96. The van der Waals surface area contributed by atoms with Crippen molar-refractivity contribution < 1.29 is 14.4 Å². The van der Waals surface area contributed by atoms with Crippen LogP contribution in [0.5, 0.6) is 0 Å². The number of nitrogens with zero attached hydrogens (tertiary/aromatic N) is 4. The summed E-state index contributed by atoms with van der Waals surface area (Å²) in [5.41, 5.74) is 2.53. The Balaban J connectivity index is 1.43. The van der Waals surface area contributed by atoms with Gasteiger partial charge in [0.05, 0.1) is 11.3 Å². The molecule has 1 aromatic carbocycles. The minimum absolute atomic E-state index is 0.0157. The van der Waals surface area contributed by atoms with E-state index in [1.165, 1.54) is 13.3 Å². The molecule has 8 heteroatoms. The van der Waals surface area contributed by atoms with E-state index in [9.17, 15) is 14.4 Å². The van der Waals surface area contributed by atoms with Gasteiger partial charge in [0.1, 0.15) is 5.82 Å². The van der Waals surface area contributed by atoms with Crippen LogP contribution in [0.2, 0.25) is 0 Å². The molecule has 4 rings (SSSR count). The number of piperidine rings is 2. The van der Waals surface area contributed by atoms with Crippen LogP contribution in [-0.4, -0.2) is 63.7 Å². The van der Waals surface area contributed by atoms with Crippen LogP contribution in [0.25, 0.3) is 0 Å². The third-order valence-corrected chi connectivity index (χ3v) is 6.40. The first-order chi connectivity index (χ1) is 15.9. The summed E-state index contributed by atoms with van der Waals surface area (Å²) in [7, 11) is 0. The number of hydrogen-bond donors (Lipinski definition) is 1. The highest BCUT2D eigenvalue weighted by Crippen LogP contribution is 2.27. The van der Waals surface area contributed by atoms with Gasteiger partial charge in [-0.25, -0.2) is 9.97 Å². The molecule has 2 aromatic rings. The molecule has 174 valence electrons. The van der Waals surface area contributed by atoms with Crippen molar-refractivity contribution in [2.75, 3.05) is 31.5 Å². The first kappa shape index (κ1) is 22.9. The van der Waals surface area contributed by atoms with E-state index < -0.39 is 0 Å². The van der Waals surface area contributed by atoms with Crippen LogP contribution in [0.1, 0.15) is 77.2 Å². The molecule has 2 aliphatic rings. The predicted molar refractivity (Wildman–Crippen MR) is 125 cm³/mol. The highest BCUT2D eigenvalue weighted by Gasteiger charge is 2.28. The molecule has 1 aromatic heterocycles. The second-order valence-corrected chi connectivity index (χ2v) is 8.93. The van der Waals surface area contributed by atoms with E-state index in [1.54, 1.807) is 30.5 Å². The van der Waals surface area contributed by atoms with Crippen molar-refractivity contribution in [2.45, 2.75) is 51.9 Å². The number of hydrogen-bond acceptors (Lipinski definition) is 5. The molecule has 1 unspecified atom stereocenters. The van der Waals surface area contributed by atoms with Crippen LogP contribution in [0.3, 0.4) is 0 Å². The zero-order valence-corrected chi connectivity index (χ0v) is 19.3. The molecule has 1 N–H and O–H groups in total. The minimum atomic E-state index is -0.146. The maximum Gasteiger partial charge on any atom is 0.257 e. The number of amides is 3. The highest BCUT2D eigenvalue weighted by molar-refractivity contribution is 5.96. The molecule has 0 saturated carbocycles. The van der Waals surface area contributed by atoms with Crippen LogP contribution in [-0.2, 0) is 4.79 Å². The Labute approximate surface area is 194 Å². The van der Waals surface area contributed by atoms with Crippen molar-refractivity contribution in [3.05, 3.63) is 53.1 Å². The molecule has 3 amide bonds. The third kappa shape index (κ3) is 5.38. The Kier molecular flexibility index (Phi) is 7.01. The van der Waals surface area contributed by atoms with Gasteiger partial charge >= 0.3 is 0 Å². The number of rotatable bonds is 4. The summed E-state index contributed by atoms with van der Waals surface area (Å²) < 4.78 is 0. The molecular weight excluding hydrogens is 418 g/mol. The van der Waals surface area contributed by atoms with Gasteiger partial charge in [0, 0.05) is 56.5 Å². The second-order valence-electron chi connectivity index (χ2n) is 8.93. The maximum atomic E-state index is 13.0. The lowest BCUT2D eigenvalue weighted by Crippen LogP contribution is -2.39. The second kappa shape index (κ2) is 10.1. The third-order valence-electron chi connectivity index (χ3n) is 6.40. The first-order valence-corrected chi connectivity index (χ1v) is 11.7. The molecule has 1 atom stereocenters. The molecule has 33 heavy (non-hydrogen) atoms. The summed E-state index contributed by atoms with van der Waals surface area (Å²) in [4.78, 5) is 50.1. The van der Waals surface area contributed by atoms with Gasteiger partial charge < -0.3 is 15.1 Å². The lowest BCUT2D eigenvalue weighted by Gasteiger charge is -2.32. The number of carbonyl (C=O) groups excluding carboxylic acids is 3. The van der Waals surface area contributed by atoms with Crippen LogP contribution < -0.4 is 5.32 Å². The van der Waals surface area contributed by atoms with E-state index in [0.717, 1.165) is 38.8 Å². The molecule has 0 spiro atoms. The molecule has 2 saturated heterocycles. The highest BCUT2D eigenvalue weighted by atomic mass is 16.2. The zero-order chi connectivity index (χ0) is 23.4. The Morgan fingerprint density at radius 3 is 2.30 bits per heavy atom. The quantitative estimate of drug-likeness (QED) is 0.772. The number of benzene rings is 1. The van der Waals surface area contributed by atoms with Gasteiger partial charge in [-0.3, -0.25) is 14.4 Å². The van der Waals surface area contributed by atoms with Gasteiger partial charge in [-0.1, -0.05) is 0 Å². The summed E-state index contributed by atoms with van der Waals surface area (Å²) in [6.07, 6.45) is 6.71. The first-order valence-electron chi connectivity index (χ1n) is 11.7. The molecule has 2 fully saturated rings. The molecular formula is C25H31N5O3. The number of anilines is 1. The van der Waals surface area contributed by atoms with Crippen molar-refractivity contribution in [1.82, 2.24) is 19.8 Å². The van der Waals surface area contributed by atoms with Crippen molar-refractivity contribution in [3.8, 4) is 0 Å². The summed E-state index contributed by atoms with van der Waals surface area (Å²) in [6, 6.07) is 6.94. The van der Waals surface area contributed by atoms with E-state index in [1.807, 2.05) is 16.7 Å². The summed E-state index contributed by atoms with van der Waals surface area (Å²) >= 11 is 0. The largest absolute Gasteiger partial charge is 0.339 e. The van der Waals surface area contributed by atoms with E-state index in [4.69, 9.17) is 0 Å². The number of nitrogens with one attached hydrogen (secondary N) is 1. The monoisotopic (exact) mass is 449 g/mol. The zero-order valence-electron chi connectivity index (χ0n) is 19.3. The molecule has 0 bridgehead atoms. The molecule has 3 heterocycles. The van der Waals surface area contributed by atoms with Gasteiger partial charge in [-0.2, -0.15) is 0 Å². The minimum Gasteiger partial charge on any atom is -0.339 e. The normalized spacial score (nSPS) is 18.7. The van der Waals surface area contributed by atoms with E-state index in [0.29, 0.717) is 41.4 Å². The van der Waals surface area contributed by atoms with Crippen LogP contribution in [0.4, 0.5) is 5.69 Å². The van der Waals surface area contributed by atoms with E-state index in [-0.39, 0.29) is 23.6 Å². The average Bonchev–Trinajstić information content (AvgIpc) is 2.84. The predicted octanol–water partition coefficient (Wildman–Crippen LogP) is 3.39. The van der Waals surface area contributed by atoms with Crippen LogP contribution in [0, 0.1) is 6.92 Å². The number of aryl methyl sites for hydroxylation is 1. The van der Waals surface area contributed by atoms with Gasteiger partial charge in [0.2, 0.25) is 5.91 Å². The molecule has 8 nitrogen and oxygen atoms in total. The fourth-order valence-corrected chi connectivity index (χ4v) is 4.61. The summed E-state index contributed by atoms with van der Waals surface area (Å²) in [5.74, 6) is 0.567. The van der Waals surface area contributed by atoms with Gasteiger partial charge in [0.25, 0.3) is 11.8 Å². The summed E-state index contributed by atoms with van der Waals surface area (Å²) in [5, 5.41) is 2.71. The van der Waals surface area contributed by atoms with Crippen LogP contribution >= 0.6 is 0 Å². The molecule has 0 aliphatic carbocycles. The fraction of sp³-hybridized carbons (Fsp3) is 0.480. The number of likely N-dealkylation sites (tertiary alicyclic amines) is 2. The Morgan fingerprint density at radius 1 is 0.939 bits per heavy atom. The van der Waals surface area contributed by atoms with Gasteiger partial charge in [0.15, 0.2) is 0 Å². The standard InChI is InChI=1S/C25H31N5O3/c1-17-22(25(33)29-12-4-3-5-13-29)15-26-23(27-17)20-7-6-14-30(16-20)24(32)19-8-10-21(11-9-19)28-18(2)31/h8-11,15,20H,3-7,12-14,16H2,1-2H3,(H,28,31). The van der Waals surface area contributed by atoms with Crippen molar-refractivity contribution in [2.24, 2.45) is 0 Å². The van der Waals surface area contributed by atoms with Crippen molar-refractivity contribution in [1.29, 1.82) is 0 Å². The molecule has 2 aliphatic heterocycles. The Bertz CT molecular complexity index is 1030. The topological polar surface area (TPSA) is 95.5 Å². The van der Waals surface area contributed by atoms with E-state index in [2.05, 4.69) is 15.3 Å². The van der Waals surface area contributed by atoms with Crippen LogP contribution in [0.15, 0.2) is 30.5 Å². The average molecular weight is 450 g/mol. The smallest absolute Gasteiger partial charge is 0.257 e. The number of carbonyl (C=O) groups is 3. The summed E-state index contributed by atoms with van der Waals surface area (Å²) in [6.45, 7) is 6.15. The van der Waals surface area contributed by atoms with Crippen molar-refractivity contribution >= 4 is 23.4 Å². The number of aromatic nitrogens is 2. The van der Waals surface area contributed by atoms with Crippen molar-refractivity contribution in [3.63, 3.8) is 0 Å². The maximum absolute atomic E-state index is 13.0. The van der Waals surface area contributed by atoms with Gasteiger partial charge in [-0.05, 0) is 63.3 Å². The SMILES string of the molecule is CC(=O)Nc1ccc(C(=O)N2CCCC(c3ncc(C(=O)N4CCCCC4)c(C)n3)C2)cc1. The fourth-order valence-electron chi connectivity index (χ4n) is 4.61. The van der Waals surface area contributed by atoms with E-state index >= 15 is 0 Å². The lowest BCUT2D eigenvalue weighted by molar-refractivity contribution is -0.114. The Morgan fingerprint density at radius 2 is 1.64 bits per heavy atom. The van der Waals surface area contributed by atoms with Gasteiger partial charge in [-0.15, -0.1) is 0 Å². The Hall–Kier alpha value is -3.29.